The van der Waals surface area contributed by atoms with Gasteiger partial charge in [0.2, 0.25) is 5.91 Å². The van der Waals surface area contributed by atoms with Crippen molar-refractivity contribution >= 4 is 11.6 Å². The predicted octanol–water partition coefficient (Wildman–Crippen LogP) is 3.86. The van der Waals surface area contributed by atoms with Crippen molar-refractivity contribution in [1.82, 2.24) is 0 Å². The summed E-state index contributed by atoms with van der Waals surface area (Å²) in [6.07, 6.45) is 1.18. The quantitative estimate of drug-likeness (QED) is 0.881. The standard InChI is InChI=1S/C17H16FNO/c1-3-11-6-4-5-10(2)17(11)13-7-12-8-16(20)19-15(12)9-14(13)18/h4-7,9H,3,8H2,1-2H3,(H,19,20). The smallest absolute Gasteiger partial charge is 0.228 e. The van der Waals surface area contributed by atoms with Gasteiger partial charge in [0.1, 0.15) is 5.82 Å². The van der Waals surface area contributed by atoms with Crippen molar-refractivity contribution < 1.29 is 9.18 Å². The van der Waals surface area contributed by atoms with Crippen molar-refractivity contribution in [3.05, 3.63) is 52.8 Å². The van der Waals surface area contributed by atoms with E-state index in [9.17, 15) is 9.18 Å². The summed E-state index contributed by atoms with van der Waals surface area (Å²) < 4.78 is 14.4. The molecule has 0 aliphatic carbocycles. The van der Waals surface area contributed by atoms with E-state index in [1.54, 1.807) is 0 Å². The van der Waals surface area contributed by atoms with Crippen molar-refractivity contribution in [3.63, 3.8) is 0 Å². The molecule has 1 N–H and O–H groups in total. The molecule has 0 saturated heterocycles. The van der Waals surface area contributed by atoms with Crippen molar-refractivity contribution in [2.24, 2.45) is 0 Å². The van der Waals surface area contributed by atoms with Gasteiger partial charge in [-0.3, -0.25) is 4.79 Å². The average Bonchev–Trinajstić information content (AvgIpc) is 2.77. The number of hydrogen-bond acceptors (Lipinski definition) is 1. The molecule has 102 valence electrons. The van der Waals surface area contributed by atoms with Gasteiger partial charge in [-0.25, -0.2) is 4.39 Å². The Morgan fingerprint density at radius 2 is 2.10 bits per heavy atom. The van der Waals surface area contributed by atoms with Crippen molar-refractivity contribution in [2.75, 3.05) is 5.32 Å². The van der Waals surface area contributed by atoms with E-state index in [0.29, 0.717) is 17.7 Å². The van der Waals surface area contributed by atoms with Crippen LogP contribution in [0.3, 0.4) is 0 Å². The number of benzene rings is 2. The Bertz CT molecular complexity index is 706. The van der Waals surface area contributed by atoms with Crippen LogP contribution in [0.15, 0.2) is 30.3 Å². The number of aryl methyl sites for hydroxylation is 2. The highest BCUT2D eigenvalue weighted by Crippen LogP contribution is 2.35. The topological polar surface area (TPSA) is 29.1 Å². The molecule has 3 rings (SSSR count). The van der Waals surface area contributed by atoms with E-state index in [1.807, 2.05) is 31.2 Å². The molecule has 2 aromatic carbocycles. The molecular formula is C17H16FNO. The van der Waals surface area contributed by atoms with Crippen LogP contribution < -0.4 is 5.32 Å². The summed E-state index contributed by atoms with van der Waals surface area (Å²) in [7, 11) is 0. The van der Waals surface area contributed by atoms with E-state index in [2.05, 4.69) is 12.2 Å². The Hall–Kier alpha value is -2.16. The lowest BCUT2D eigenvalue weighted by molar-refractivity contribution is -0.115. The monoisotopic (exact) mass is 269 g/mol. The minimum atomic E-state index is -0.282. The lowest BCUT2D eigenvalue weighted by atomic mass is 9.92. The van der Waals surface area contributed by atoms with Gasteiger partial charge in [0.05, 0.1) is 6.42 Å². The molecule has 0 atom stereocenters. The van der Waals surface area contributed by atoms with E-state index >= 15 is 0 Å². The van der Waals surface area contributed by atoms with E-state index < -0.39 is 0 Å². The summed E-state index contributed by atoms with van der Waals surface area (Å²) in [5.41, 5.74) is 5.20. The number of nitrogens with one attached hydrogen (secondary N) is 1. The number of amides is 1. The molecule has 1 aliphatic heterocycles. The van der Waals surface area contributed by atoms with Crippen LogP contribution in [0.4, 0.5) is 10.1 Å². The second-order valence-corrected chi connectivity index (χ2v) is 5.18. The van der Waals surface area contributed by atoms with Gasteiger partial charge in [-0.05, 0) is 47.7 Å². The lowest BCUT2D eigenvalue weighted by Gasteiger charge is -2.14. The fourth-order valence-corrected chi connectivity index (χ4v) is 2.85. The molecule has 2 aromatic rings. The zero-order valence-electron chi connectivity index (χ0n) is 11.6. The third-order valence-corrected chi connectivity index (χ3v) is 3.83. The van der Waals surface area contributed by atoms with Crippen LogP contribution in [0, 0.1) is 12.7 Å². The van der Waals surface area contributed by atoms with Crippen LogP contribution in [0.5, 0.6) is 0 Å². The molecule has 3 heteroatoms. The van der Waals surface area contributed by atoms with Crippen LogP contribution in [0.2, 0.25) is 0 Å². The largest absolute Gasteiger partial charge is 0.325 e. The molecule has 0 saturated carbocycles. The first-order valence-electron chi connectivity index (χ1n) is 6.81. The highest BCUT2D eigenvalue weighted by Gasteiger charge is 2.21. The molecule has 2 nitrogen and oxygen atoms in total. The third kappa shape index (κ3) is 1.99. The Morgan fingerprint density at radius 3 is 2.85 bits per heavy atom. The third-order valence-electron chi connectivity index (χ3n) is 3.83. The maximum atomic E-state index is 14.4. The number of carbonyl (C=O) groups excluding carboxylic acids is 1. The van der Waals surface area contributed by atoms with Gasteiger partial charge < -0.3 is 5.32 Å². The normalized spacial score (nSPS) is 13.2. The molecule has 0 radical (unpaired) electrons. The Morgan fingerprint density at radius 1 is 1.30 bits per heavy atom. The van der Waals surface area contributed by atoms with E-state index in [1.165, 1.54) is 6.07 Å². The molecule has 0 spiro atoms. The van der Waals surface area contributed by atoms with Crippen LogP contribution in [-0.2, 0) is 17.6 Å². The molecule has 1 amide bonds. The SMILES string of the molecule is CCc1cccc(C)c1-c1cc2c(cc1F)NC(=O)C2. The Labute approximate surface area is 117 Å². The van der Waals surface area contributed by atoms with Gasteiger partial charge in [0, 0.05) is 11.3 Å². The highest BCUT2D eigenvalue weighted by molar-refractivity contribution is 5.99. The zero-order chi connectivity index (χ0) is 14.3. The molecule has 0 fully saturated rings. The maximum absolute atomic E-state index is 14.4. The first-order chi connectivity index (χ1) is 9.60. The van der Waals surface area contributed by atoms with Crippen molar-refractivity contribution in [1.29, 1.82) is 0 Å². The summed E-state index contributed by atoms with van der Waals surface area (Å²) in [5, 5.41) is 2.68. The van der Waals surface area contributed by atoms with Gasteiger partial charge in [0.15, 0.2) is 0 Å². The fraction of sp³-hybridized carbons (Fsp3) is 0.235. The Kier molecular flexibility index (Phi) is 3.05. The van der Waals surface area contributed by atoms with E-state index in [4.69, 9.17) is 0 Å². The number of halogens is 1. The van der Waals surface area contributed by atoms with Crippen LogP contribution in [-0.4, -0.2) is 5.91 Å². The summed E-state index contributed by atoms with van der Waals surface area (Å²) >= 11 is 0. The first kappa shape index (κ1) is 12.9. The van der Waals surface area contributed by atoms with Crippen molar-refractivity contribution in [2.45, 2.75) is 26.7 Å². The van der Waals surface area contributed by atoms with E-state index in [0.717, 1.165) is 28.7 Å². The van der Waals surface area contributed by atoms with Gasteiger partial charge in [-0.1, -0.05) is 25.1 Å². The zero-order valence-corrected chi connectivity index (χ0v) is 11.6. The Balaban J connectivity index is 2.22. The first-order valence-corrected chi connectivity index (χ1v) is 6.81. The number of rotatable bonds is 2. The van der Waals surface area contributed by atoms with Crippen molar-refractivity contribution in [3.8, 4) is 11.1 Å². The minimum Gasteiger partial charge on any atom is -0.325 e. The molecule has 0 unspecified atom stereocenters. The van der Waals surface area contributed by atoms with Crippen LogP contribution in [0.25, 0.3) is 11.1 Å². The second-order valence-electron chi connectivity index (χ2n) is 5.18. The number of carbonyl (C=O) groups is 1. The van der Waals surface area contributed by atoms with Gasteiger partial charge >= 0.3 is 0 Å². The molecule has 20 heavy (non-hydrogen) atoms. The molecule has 0 aromatic heterocycles. The molecule has 1 heterocycles. The number of hydrogen-bond donors (Lipinski definition) is 1. The average molecular weight is 269 g/mol. The maximum Gasteiger partial charge on any atom is 0.228 e. The van der Waals surface area contributed by atoms with Crippen LogP contribution in [0.1, 0.15) is 23.6 Å². The lowest BCUT2D eigenvalue weighted by Crippen LogP contribution is -2.03. The number of fused-ring (bicyclic) bond motifs is 1. The molecule has 0 bridgehead atoms. The summed E-state index contributed by atoms with van der Waals surface area (Å²) in [5.74, 6) is -0.355. The second kappa shape index (κ2) is 4.75. The summed E-state index contributed by atoms with van der Waals surface area (Å²) in [6, 6.07) is 9.25. The summed E-state index contributed by atoms with van der Waals surface area (Å²) in [4.78, 5) is 11.4. The van der Waals surface area contributed by atoms with Gasteiger partial charge in [0.25, 0.3) is 0 Å². The number of anilines is 1. The summed E-state index contributed by atoms with van der Waals surface area (Å²) in [6.45, 7) is 4.05. The fourth-order valence-electron chi connectivity index (χ4n) is 2.85. The predicted molar refractivity (Wildman–Crippen MR) is 78.3 cm³/mol. The minimum absolute atomic E-state index is 0.0722. The van der Waals surface area contributed by atoms with Gasteiger partial charge in [-0.2, -0.15) is 0 Å². The highest BCUT2D eigenvalue weighted by atomic mass is 19.1. The van der Waals surface area contributed by atoms with Gasteiger partial charge in [-0.15, -0.1) is 0 Å². The van der Waals surface area contributed by atoms with E-state index in [-0.39, 0.29) is 11.7 Å². The molecule has 1 aliphatic rings. The van der Waals surface area contributed by atoms with Crippen LogP contribution >= 0.6 is 0 Å². The molecular weight excluding hydrogens is 253 g/mol.